The zero-order valence-electron chi connectivity index (χ0n) is 11.9. The lowest BCUT2D eigenvalue weighted by atomic mass is 10.0. The highest BCUT2D eigenvalue weighted by Crippen LogP contribution is 2.33. The fourth-order valence-electron chi connectivity index (χ4n) is 2.31. The first-order valence-electron chi connectivity index (χ1n) is 7.03. The van der Waals surface area contributed by atoms with Crippen LogP contribution < -0.4 is 10.1 Å². The average molecular weight is 344 g/mol. The monoisotopic (exact) mass is 343 g/mol. The number of halogens is 1. The molecule has 0 amide bonds. The van der Waals surface area contributed by atoms with Crippen LogP contribution in [-0.2, 0) is 9.47 Å². The predicted octanol–water partition coefficient (Wildman–Crippen LogP) is 2.92. The first kappa shape index (κ1) is 15.8. The molecule has 1 heterocycles. The van der Waals surface area contributed by atoms with E-state index in [1.807, 2.05) is 6.07 Å². The number of methoxy groups -OCH3 is 1. The largest absolute Gasteiger partial charge is 0.493 e. The van der Waals surface area contributed by atoms with E-state index in [4.69, 9.17) is 14.2 Å². The van der Waals surface area contributed by atoms with Gasteiger partial charge in [0.1, 0.15) is 5.75 Å². The minimum absolute atomic E-state index is 0.339. The van der Waals surface area contributed by atoms with Crippen molar-refractivity contribution in [2.75, 3.05) is 40.1 Å². The Morgan fingerprint density at radius 3 is 3.10 bits per heavy atom. The van der Waals surface area contributed by atoms with Crippen LogP contribution in [0, 0.1) is 0 Å². The number of rotatable bonds is 7. The van der Waals surface area contributed by atoms with E-state index in [-0.39, 0.29) is 0 Å². The molecule has 4 nitrogen and oxygen atoms in total. The molecule has 0 aromatic heterocycles. The van der Waals surface area contributed by atoms with Crippen molar-refractivity contribution in [3.8, 4) is 5.75 Å². The van der Waals surface area contributed by atoms with Crippen molar-refractivity contribution in [1.82, 2.24) is 5.32 Å². The van der Waals surface area contributed by atoms with E-state index >= 15 is 0 Å². The first-order chi connectivity index (χ1) is 9.81. The molecule has 1 aliphatic rings. The molecule has 20 heavy (non-hydrogen) atoms. The molecular weight excluding hydrogens is 322 g/mol. The minimum Gasteiger partial charge on any atom is -0.493 e. The summed E-state index contributed by atoms with van der Waals surface area (Å²) < 4.78 is 17.3. The molecule has 0 aliphatic carbocycles. The van der Waals surface area contributed by atoms with Crippen molar-refractivity contribution in [2.24, 2.45) is 0 Å². The van der Waals surface area contributed by atoms with Gasteiger partial charge in [0, 0.05) is 29.7 Å². The van der Waals surface area contributed by atoms with Crippen molar-refractivity contribution in [3.63, 3.8) is 0 Å². The molecule has 1 aromatic rings. The lowest BCUT2D eigenvalue weighted by molar-refractivity contribution is 0.0709. The van der Waals surface area contributed by atoms with E-state index in [9.17, 15) is 0 Å². The van der Waals surface area contributed by atoms with Crippen LogP contribution in [0.3, 0.4) is 0 Å². The second kappa shape index (κ2) is 8.62. The van der Waals surface area contributed by atoms with Crippen molar-refractivity contribution >= 4 is 15.9 Å². The van der Waals surface area contributed by atoms with Gasteiger partial charge in [-0.25, -0.2) is 0 Å². The zero-order chi connectivity index (χ0) is 14.2. The number of nitrogens with one attached hydrogen (secondary N) is 1. The summed E-state index contributed by atoms with van der Waals surface area (Å²) in [6.07, 6.45) is 2.15. The van der Waals surface area contributed by atoms with Gasteiger partial charge >= 0.3 is 0 Å². The van der Waals surface area contributed by atoms with Crippen LogP contribution in [0.15, 0.2) is 22.7 Å². The maximum absolute atomic E-state index is 5.80. The van der Waals surface area contributed by atoms with Crippen LogP contribution in [0.4, 0.5) is 0 Å². The maximum Gasteiger partial charge on any atom is 0.125 e. The van der Waals surface area contributed by atoms with Crippen molar-refractivity contribution in [2.45, 2.75) is 18.9 Å². The summed E-state index contributed by atoms with van der Waals surface area (Å²) in [5, 5.41) is 3.55. The summed E-state index contributed by atoms with van der Waals surface area (Å²) in [5.41, 5.74) is 1.24. The SMILES string of the molecule is COCCOCCNC1CCCOc2cc(Br)ccc21. The van der Waals surface area contributed by atoms with E-state index in [0.29, 0.717) is 25.9 Å². The Bertz CT molecular complexity index is 414. The third kappa shape index (κ3) is 4.74. The molecule has 0 radical (unpaired) electrons. The minimum atomic E-state index is 0.339. The van der Waals surface area contributed by atoms with Gasteiger partial charge in [-0.2, -0.15) is 0 Å². The summed E-state index contributed by atoms with van der Waals surface area (Å²) in [4.78, 5) is 0. The Morgan fingerprint density at radius 2 is 2.25 bits per heavy atom. The Kier molecular flexibility index (Phi) is 6.79. The molecular formula is C15H22BrNO3. The van der Waals surface area contributed by atoms with Crippen LogP contribution in [0.2, 0.25) is 0 Å². The summed E-state index contributed by atoms with van der Waals surface area (Å²) in [6, 6.07) is 6.59. The third-order valence-electron chi connectivity index (χ3n) is 3.31. The van der Waals surface area contributed by atoms with Crippen LogP contribution in [0.25, 0.3) is 0 Å². The predicted molar refractivity (Wildman–Crippen MR) is 82.3 cm³/mol. The van der Waals surface area contributed by atoms with E-state index in [2.05, 4.69) is 33.4 Å². The molecule has 0 bridgehead atoms. The fraction of sp³-hybridized carbons (Fsp3) is 0.600. The van der Waals surface area contributed by atoms with Gasteiger partial charge in [-0.05, 0) is 25.0 Å². The molecule has 0 saturated heterocycles. The number of fused-ring (bicyclic) bond motifs is 1. The number of benzene rings is 1. The molecule has 2 rings (SSSR count). The molecule has 1 aromatic carbocycles. The van der Waals surface area contributed by atoms with Gasteiger partial charge in [-0.15, -0.1) is 0 Å². The smallest absolute Gasteiger partial charge is 0.125 e. The molecule has 112 valence electrons. The summed E-state index contributed by atoms with van der Waals surface area (Å²) in [7, 11) is 1.68. The van der Waals surface area contributed by atoms with E-state index in [1.165, 1.54) is 5.56 Å². The Hall–Kier alpha value is -0.620. The van der Waals surface area contributed by atoms with Crippen LogP contribution in [0.1, 0.15) is 24.4 Å². The van der Waals surface area contributed by atoms with Gasteiger partial charge in [0.25, 0.3) is 0 Å². The van der Waals surface area contributed by atoms with Crippen molar-refractivity contribution in [1.29, 1.82) is 0 Å². The Morgan fingerprint density at radius 1 is 1.35 bits per heavy atom. The quantitative estimate of drug-likeness (QED) is 0.772. The van der Waals surface area contributed by atoms with Crippen LogP contribution in [0.5, 0.6) is 5.75 Å². The molecule has 1 aliphatic heterocycles. The topological polar surface area (TPSA) is 39.7 Å². The first-order valence-corrected chi connectivity index (χ1v) is 7.83. The van der Waals surface area contributed by atoms with Gasteiger partial charge in [0.2, 0.25) is 0 Å². The Balaban J connectivity index is 1.85. The van der Waals surface area contributed by atoms with Crippen molar-refractivity contribution in [3.05, 3.63) is 28.2 Å². The molecule has 0 fully saturated rings. The molecule has 0 saturated carbocycles. The van der Waals surface area contributed by atoms with Gasteiger partial charge < -0.3 is 19.5 Å². The lowest BCUT2D eigenvalue weighted by Gasteiger charge is -2.18. The average Bonchev–Trinajstić information content (AvgIpc) is 2.64. The van der Waals surface area contributed by atoms with E-state index < -0.39 is 0 Å². The van der Waals surface area contributed by atoms with Gasteiger partial charge in [0.15, 0.2) is 0 Å². The van der Waals surface area contributed by atoms with E-state index in [1.54, 1.807) is 7.11 Å². The third-order valence-corrected chi connectivity index (χ3v) is 3.81. The normalized spacial score (nSPS) is 18.2. The molecule has 0 spiro atoms. The van der Waals surface area contributed by atoms with Crippen LogP contribution in [-0.4, -0.2) is 40.1 Å². The summed E-state index contributed by atoms with van der Waals surface area (Å²) in [5.74, 6) is 0.981. The number of ether oxygens (including phenoxy) is 3. The maximum atomic E-state index is 5.80. The molecule has 5 heteroatoms. The summed E-state index contributed by atoms with van der Waals surface area (Å²) in [6.45, 7) is 3.62. The second-order valence-electron chi connectivity index (χ2n) is 4.78. The zero-order valence-corrected chi connectivity index (χ0v) is 13.4. The molecule has 1 unspecified atom stereocenters. The second-order valence-corrected chi connectivity index (χ2v) is 5.70. The highest BCUT2D eigenvalue weighted by Gasteiger charge is 2.19. The van der Waals surface area contributed by atoms with Crippen molar-refractivity contribution < 1.29 is 14.2 Å². The van der Waals surface area contributed by atoms with Crippen LogP contribution >= 0.6 is 15.9 Å². The number of hydrogen-bond acceptors (Lipinski definition) is 4. The van der Waals surface area contributed by atoms with Gasteiger partial charge in [-0.1, -0.05) is 22.0 Å². The lowest BCUT2D eigenvalue weighted by Crippen LogP contribution is -2.25. The fourth-order valence-corrected chi connectivity index (χ4v) is 2.65. The summed E-state index contributed by atoms with van der Waals surface area (Å²) >= 11 is 3.49. The van der Waals surface area contributed by atoms with Gasteiger partial charge in [-0.3, -0.25) is 0 Å². The Labute approximate surface area is 128 Å². The van der Waals surface area contributed by atoms with E-state index in [0.717, 1.165) is 36.2 Å². The highest BCUT2D eigenvalue weighted by molar-refractivity contribution is 9.10. The van der Waals surface area contributed by atoms with Gasteiger partial charge in [0.05, 0.1) is 26.4 Å². The molecule has 1 atom stereocenters. The highest BCUT2D eigenvalue weighted by atomic mass is 79.9. The standard InChI is InChI=1S/C15H22BrNO3/c1-18-9-10-19-8-6-17-14-3-2-7-20-15-11-12(16)4-5-13(14)15/h4-5,11,14,17H,2-3,6-10H2,1H3. The molecule has 1 N–H and O–H groups in total. The number of hydrogen-bond donors (Lipinski definition) is 1.